The Hall–Kier alpha value is -4.30. The maximum atomic E-state index is 14.0. The SMILES string of the molecule is CC(C)c1cc(F)ccc1N1C(=NC(=S)N/N=C/c2ccc(-c3ncn(-c4ccc(OC(F)(F)F)cc4)n3)cc2)SCC1C. The minimum Gasteiger partial charge on any atom is -0.406 e. The van der Waals surface area contributed by atoms with E-state index in [-0.39, 0.29) is 28.6 Å². The highest BCUT2D eigenvalue weighted by Crippen LogP contribution is 2.36. The summed E-state index contributed by atoms with van der Waals surface area (Å²) in [6.07, 6.45) is -1.68. The molecule has 14 heteroatoms. The Morgan fingerprint density at radius 2 is 1.84 bits per heavy atom. The number of hydrogen-bond acceptors (Lipinski definition) is 6. The quantitative estimate of drug-likeness (QED) is 0.0982. The number of benzene rings is 3. The van der Waals surface area contributed by atoms with Crippen LogP contribution in [0.3, 0.4) is 0 Å². The van der Waals surface area contributed by atoms with Crippen molar-refractivity contribution in [2.24, 2.45) is 10.1 Å². The second-order valence-electron chi connectivity index (χ2n) is 10.1. The lowest BCUT2D eigenvalue weighted by Crippen LogP contribution is -2.33. The molecule has 5 rings (SSSR count). The van der Waals surface area contributed by atoms with Crippen LogP contribution in [0.4, 0.5) is 23.2 Å². The number of nitrogens with zero attached hydrogens (tertiary/aromatic N) is 6. The van der Waals surface area contributed by atoms with Gasteiger partial charge in [0.1, 0.15) is 17.9 Å². The second-order valence-corrected chi connectivity index (χ2v) is 11.5. The van der Waals surface area contributed by atoms with E-state index in [1.165, 1.54) is 41.3 Å². The number of hydrazone groups is 1. The summed E-state index contributed by atoms with van der Waals surface area (Å²) in [6.45, 7) is 6.15. The number of nitrogens with one attached hydrogen (secondary N) is 1. The normalized spacial score (nSPS) is 16.3. The monoisotopic (exact) mass is 641 g/mol. The van der Waals surface area contributed by atoms with Gasteiger partial charge in [-0.2, -0.15) is 10.1 Å². The van der Waals surface area contributed by atoms with Crippen molar-refractivity contribution in [1.82, 2.24) is 20.2 Å². The molecular formula is C30H27F4N7OS2. The molecule has 1 unspecified atom stereocenters. The largest absolute Gasteiger partial charge is 0.573 e. The van der Waals surface area contributed by atoms with Crippen molar-refractivity contribution < 1.29 is 22.3 Å². The number of aliphatic imine (C=N–C) groups is 1. The third kappa shape index (κ3) is 7.61. The molecule has 0 radical (unpaired) electrons. The summed E-state index contributed by atoms with van der Waals surface area (Å²) in [5.41, 5.74) is 6.66. The van der Waals surface area contributed by atoms with E-state index in [2.05, 4.69) is 42.2 Å². The van der Waals surface area contributed by atoms with Gasteiger partial charge >= 0.3 is 6.36 Å². The topological polar surface area (TPSA) is 79.9 Å². The van der Waals surface area contributed by atoms with Gasteiger partial charge in [-0.05, 0) is 78.7 Å². The Morgan fingerprint density at radius 3 is 2.52 bits per heavy atom. The van der Waals surface area contributed by atoms with Gasteiger partial charge in [0.15, 0.2) is 11.0 Å². The first-order valence-electron chi connectivity index (χ1n) is 13.5. The second kappa shape index (κ2) is 13.1. The van der Waals surface area contributed by atoms with E-state index in [0.717, 1.165) is 33.3 Å². The molecule has 1 aliphatic heterocycles. The lowest BCUT2D eigenvalue weighted by atomic mass is 10.00. The van der Waals surface area contributed by atoms with E-state index >= 15 is 0 Å². The molecule has 1 atom stereocenters. The van der Waals surface area contributed by atoms with E-state index in [0.29, 0.717) is 11.5 Å². The number of hydrogen-bond donors (Lipinski definition) is 1. The molecule has 2 heterocycles. The molecular weight excluding hydrogens is 615 g/mol. The molecule has 1 fully saturated rings. The average molecular weight is 642 g/mol. The first-order valence-corrected chi connectivity index (χ1v) is 14.9. The van der Waals surface area contributed by atoms with Crippen LogP contribution < -0.4 is 15.1 Å². The van der Waals surface area contributed by atoms with Crippen molar-refractivity contribution in [3.8, 4) is 22.8 Å². The summed E-state index contributed by atoms with van der Waals surface area (Å²) in [5.74, 6) is 0.805. The van der Waals surface area contributed by atoms with E-state index in [9.17, 15) is 17.6 Å². The predicted molar refractivity (Wildman–Crippen MR) is 169 cm³/mol. The fraction of sp³-hybridized carbons (Fsp3) is 0.233. The molecule has 8 nitrogen and oxygen atoms in total. The summed E-state index contributed by atoms with van der Waals surface area (Å²) >= 11 is 7.00. The number of anilines is 1. The maximum absolute atomic E-state index is 14.0. The van der Waals surface area contributed by atoms with Crippen molar-refractivity contribution in [1.29, 1.82) is 0 Å². The van der Waals surface area contributed by atoms with Crippen molar-refractivity contribution >= 4 is 46.2 Å². The highest BCUT2D eigenvalue weighted by Gasteiger charge is 2.31. The number of thioether (sulfide) groups is 1. The number of alkyl halides is 3. The zero-order valence-corrected chi connectivity index (χ0v) is 25.4. The van der Waals surface area contributed by atoms with Gasteiger partial charge in [-0.15, -0.1) is 18.3 Å². The maximum Gasteiger partial charge on any atom is 0.573 e. The number of halogens is 4. The van der Waals surface area contributed by atoms with Gasteiger partial charge in [0.05, 0.1) is 11.9 Å². The highest BCUT2D eigenvalue weighted by atomic mass is 32.2. The first-order chi connectivity index (χ1) is 21.0. The molecule has 0 saturated carbocycles. The minimum absolute atomic E-state index is 0.134. The van der Waals surface area contributed by atoms with Crippen molar-refractivity contribution in [2.75, 3.05) is 10.7 Å². The van der Waals surface area contributed by atoms with Crippen LogP contribution in [0.2, 0.25) is 0 Å². The number of ether oxygens (including phenoxy) is 1. The summed E-state index contributed by atoms with van der Waals surface area (Å²) in [4.78, 5) is 11.0. The van der Waals surface area contributed by atoms with Crippen LogP contribution in [0.5, 0.6) is 5.75 Å². The number of rotatable bonds is 7. The van der Waals surface area contributed by atoms with Gasteiger partial charge in [0.25, 0.3) is 0 Å². The Bertz CT molecular complexity index is 1690. The molecule has 4 aromatic rings. The average Bonchev–Trinajstić information content (AvgIpc) is 3.60. The molecule has 3 aromatic carbocycles. The Kier molecular flexibility index (Phi) is 9.30. The van der Waals surface area contributed by atoms with Crippen LogP contribution in [0.1, 0.15) is 37.8 Å². The van der Waals surface area contributed by atoms with E-state index in [1.807, 2.05) is 38.1 Å². The third-order valence-electron chi connectivity index (χ3n) is 6.54. The molecule has 1 aliphatic rings. The van der Waals surface area contributed by atoms with Crippen molar-refractivity contribution in [3.05, 3.63) is 90.0 Å². The Labute approximate surface area is 260 Å². The summed E-state index contributed by atoms with van der Waals surface area (Å²) < 4.78 is 56.5. The molecule has 0 spiro atoms. The first kappa shape index (κ1) is 31.1. The summed E-state index contributed by atoms with van der Waals surface area (Å²) in [7, 11) is 0. The van der Waals surface area contributed by atoms with Gasteiger partial charge in [0, 0.05) is 23.0 Å². The Morgan fingerprint density at radius 1 is 1.11 bits per heavy atom. The molecule has 0 aliphatic carbocycles. The zero-order valence-electron chi connectivity index (χ0n) is 23.8. The standard InChI is InChI=1S/C30H27F4N7OS2/c1-18(2)25-14-22(31)8-13-26(25)41-19(3)16-44-29(41)37-28(43)38-36-15-20-4-6-21(7-5-20)27-35-17-40(39-27)23-9-11-24(12-10-23)42-30(32,33)34/h4-15,17-19H,16H2,1-3H3,(H,38,43)/b36-15+,37-29?. The van der Waals surface area contributed by atoms with Gasteiger partial charge in [-0.3, -0.25) is 5.43 Å². The fourth-order valence-electron chi connectivity index (χ4n) is 4.47. The molecule has 44 heavy (non-hydrogen) atoms. The lowest BCUT2D eigenvalue weighted by Gasteiger charge is -2.27. The van der Waals surface area contributed by atoms with Gasteiger partial charge < -0.3 is 9.64 Å². The third-order valence-corrected chi connectivity index (χ3v) is 7.92. The van der Waals surface area contributed by atoms with Crippen molar-refractivity contribution in [3.63, 3.8) is 0 Å². The van der Waals surface area contributed by atoms with Crippen LogP contribution in [0, 0.1) is 5.82 Å². The number of amidine groups is 1. The summed E-state index contributed by atoms with van der Waals surface area (Å²) in [5, 5.41) is 9.55. The molecule has 1 aromatic heterocycles. The van der Waals surface area contributed by atoms with Gasteiger partial charge in [0.2, 0.25) is 5.11 Å². The number of thiocarbonyl (C=S) groups is 1. The van der Waals surface area contributed by atoms with Gasteiger partial charge in [-0.1, -0.05) is 49.9 Å². The van der Waals surface area contributed by atoms with Crippen molar-refractivity contribution in [2.45, 2.75) is 39.1 Å². The van der Waals surface area contributed by atoms with Crippen LogP contribution in [0.15, 0.2) is 83.2 Å². The molecule has 1 saturated heterocycles. The molecule has 0 bridgehead atoms. The van der Waals surface area contributed by atoms with Crippen LogP contribution >= 0.6 is 24.0 Å². The fourth-order valence-corrected chi connectivity index (χ4v) is 5.78. The number of aromatic nitrogens is 3. The van der Waals surface area contributed by atoms with Crippen LogP contribution in [-0.2, 0) is 0 Å². The molecule has 0 amide bonds. The van der Waals surface area contributed by atoms with Gasteiger partial charge in [-0.25, -0.2) is 14.1 Å². The lowest BCUT2D eigenvalue weighted by molar-refractivity contribution is -0.274. The predicted octanol–water partition coefficient (Wildman–Crippen LogP) is 7.30. The molecule has 228 valence electrons. The van der Waals surface area contributed by atoms with Crippen LogP contribution in [0.25, 0.3) is 17.1 Å². The van der Waals surface area contributed by atoms with Crippen LogP contribution in [-0.4, -0.2) is 49.4 Å². The minimum atomic E-state index is -4.76. The Balaban J connectivity index is 1.21. The molecule has 1 N–H and O–H groups in total. The smallest absolute Gasteiger partial charge is 0.406 e. The zero-order chi connectivity index (χ0) is 31.4. The van der Waals surface area contributed by atoms with E-state index < -0.39 is 6.36 Å². The highest BCUT2D eigenvalue weighted by molar-refractivity contribution is 8.14. The van der Waals surface area contributed by atoms with E-state index in [4.69, 9.17) is 12.2 Å². The van der Waals surface area contributed by atoms with E-state index in [1.54, 1.807) is 30.1 Å². The summed E-state index contributed by atoms with van der Waals surface area (Å²) in [6, 6.07) is 17.6.